The van der Waals surface area contributed by atoms with Gasteiger partial charge in [0, 0.05) is 11.8 Å². The third-order valence-electron chi connectivity index (χ3n) is 5.01. The monoisotopic (exact) mass is 448 g/mol. The zero-order valence-corrected chi connectivity index (χ0v) is 18.9. The first-order valence-electron chi connectivity index (χ1n) is 7.71. The number of aliphatic imine (C=N–C) groups is 1. The van der Waals surface area contributed by atoms with Crippen LogP contribution in [0.3, 0.4) is 0 Å². The summed E-state index contributed by atoms with van der Waals surface area (Å²) in [5.41, 5.74) is 7.19. The van der Waals surface area contributed by atoms with Gasteiger partial charge in [-0.25, -0.2) is 0 Å². The predicted octanol–water partition coefficient (Wildman–Crippen LogP) is -1.31. The molecule has 2 bridgehead atoms. The summed E-state index contributed by atoms with van der Waals surface area (Å²) in [7, 11) is -1.13. The molecule has 2 aliphatic carbocycles. The van der Waals surface area contributed by atoms with Gasteiger partial charge in [-0.2, -0.15) is 0 Å². The maximum atomic E-state index is 4.42. The third-order valence-corrected chi connectivity index (χ3v) is 10.00. The first kappa shape index (κ1) is 19.8. The van der Waals surface area contributed by atoms with E-state index in [-0.39, 0.29) is 24.8 Å². The Morgan fingerprint density at radius 2 is 1.75 bits per heavy atom. The molecule has 1 aromatic rings. The first-order valence-corrected chi connectivity index (χ1v) is 12.1. The summed E-state index contributed by atoms with van der Waals surface area (Å²) in [6.45, 7) is 7.09. The molecule has 0 aromatic heterocycles. The molecule has 0 spiro atoms. The van der Waals surface area contributed by atoms with E-state index in [1.165, 1.54) is 28.0 Å². The molecule has 24 heavy (non-hydrogen) atoms. The van der Waals surface area contributed by atoms with E-state index in [9.17, 15) is 0 Å². The fourth-order valence-corrected chi connectivity index (χ4v) is 8.86. The van der Waals surface area contributed by atoms with Gasteiger partial charge in [0.05, 0.1) is 5.71 Å². The van der Waals surface area contributed by atoms with E-state index in [0.29, 0.717) is 3.63 Å². The Kier molecular flexibility index (Phi) is 5.82. The van der Waals surface area contributed by atoms with Crippen LogP contribution in [-0.2, 0) is 24.7 Å². The van der Waals surface area contributed by atoms with Crippen molar-refractivity contribution in [2.75, 3.05) is 0 Å². The van der Waals surface area contributed by atoms with Gasteiger partial charge in [-0.15, -0.1) is 0 Å². The van der Waals surface area contributed by atoms with Gasteiger partial charge < -0.3 is 24.8 Å². The number of hydrogen-bond donors (Lipinski definition) is 0. The molecule has 6 rings (SSSR count). The van der Waals surface area contributed by atoms with Crippen molar-refractivity contribution in [2.45, 2.75) is 23.6 Å². The summed E-state index contributed by atoms with van der Waals surface area (Å²) in [6, 6.07) is 8.60. The number of rotatable bonds is 0. The molecule has 1 nitrogen and oxygen atoms in total. The van der Waals surface area contributed by atoms with Crippen LogP contribution in [0.4, 0.5) is 0 Å². The minimum absolute atomic E-state index is 0. The molecule has 5 aliphatic rings. The normalized spacial score (nSPS) is 22.7. The Bertz CT molecular complexity index is 847. The molecule has 3 aliphatic heterocycles. The van der Waals surface area contributed by atoms with Crippen molar-refractivity contribution in [1.29, 1.82) is 0 Å². The zero-order valence-electron chi connectivity index (χ0n) is 13.9. The fourth-order valence-electron chi connectivity index (χ4n) is 4.12. The van der Waals surface area contributed by atoms with Gasteiger partial charge in [0.2, 0.25) is 0 Å². The molecular formula is C19H18Cl2NSiZr. The van der Waals surface area contributed by atoms with Gasteiger partial charge in [-0.1, -0.05) is 13.1 Å². The second-order valence-electron chi connectivity index (χ2n) is 6.67. The van der Waals surface area contributed by atoms with E-state index in [1.807, 2.05) is 6.20 Å². The fraction of sp³-hybridized carbons (Fsp3) is 0.211. The van der Waals surface area contributed by atoms with Gasteiger partial charge in [0.15, 0.2) is 0 Å². The molecule has 1 unspecified atom stereocenters. The molecule has 3 heterocycles. The summed E-state index contributed by atoms with van der Waals surface area (Å²) >= 11 is 1.59. The molecule has 0 N–H and O–H groups in total. The van der Waals surface area contributed by atoms with Gasteiger partial charge in [-0.3, -0.25) is 4.99 Å². The molecular weight excluding hydrogens is 432 g/mol. The van der Waals surface area contributed by atoms with Gasteiger partial charge in [-0.05, 0) is 29.0 Å². The van der Waals surface area contributed by atoms with Crippen molar-refractivity contribution in [2.24, 2.45) is 4.99 Å². The number of fused-ring (bicyclic) bond motifs is 1. The summed E-state index contributed by atoms with van der Waals surface area (Å²) in [4.78, 5) is 4.42. The Morgan fingerprint density at radius 1 is 1.04 bits per heavy atom. The average Bonchev–Trinajstić information content (AvgIpc) is 3.18. The first-order chi connectivity index (χ1) is 10.5. The Hall–Kier alpha value is -0.470. The Balaban J connectivity index is 0.000000163. The molecule has 0 saturated carbocycles. The maximum absolute atomic E-state index is 4.42. The number of halogens is 2. The SMILES string of the molecule is CC1=C2C3=NC=CC3=C1[Si]2(C)C.[Cl-].[Cl-].[Zr+2][CH]1C=Cc2ccccc21. The molecule has 1 atom stereocenters. The minimum atomic E-state index is -1.13. The topological polar surface area (TPSA) is 12.4 Å². The second kappa shape index (κ2) is 7.03. The number of hydrogen-bond acceptors (Lipinski definition) is 1. The van der Waals surface area contributed by atoms with E-state index < -0.39 is 8.07 Å². The van der Waals surface area contributed by atoms with Crippen LogP contribution >= 0.6 is 0 Å². The summed E-state index contributed by atoms with van der Waals surface area (Å²) in [5.74, 6) is 0. The molecule has 5 heteroatoms. The second-order valence-corrected chi connectivity index (χ2v) is 12.5. The van der Waals surface area contributed by atoms with Crippen LogP contribution in [0.5, 0.6) is 0 Å². The van der Waals surface area contributed by atoms with Gasteiger partial charge in [0.25, 0.3) is 0 Å². The van der Waals surface area contributed by atoms with Gasteiger partial charge in [0.1, 0.15) is 8.07 Å². The average molecular weight is 451 g/mol. The molecule has 0 saturated heterocycles. The van der Waals surface area contributed by atoms with Crippen molar-refractivity contribution < 1.29 is 49.5 Å². The predicted molar refractivity (Wildman–Crippen MR) is 92.0 cm³/mol. The Labute approximate surface area is 172 Å². The van der Waals surface area contributed by atoms with E-state index in [4.69, 9.17) is 0 Å². The van der Waals surface area contributed by atoms with Crippen molar-refractivity contribution in [3.8, 4) is 0 Å². The van der Waals surface area contributed by atoms with Gasteiger partial charge >= 0.3 is 75.9 Å². The summed E-state index contributed by atoms with van der Waals surface area (Å²) in [5, 5.41) is 3.27. The summed E-state index contributed by atoms with van der Waals surface area (Å²) < 4.78 is 0.711. The van der Waals surface area contributed by atoms with Crippen molar-refractivity contribution >= 4 is 19.9 Å². The number of allylic oxidation sites excluding steroid dienone is 6. The van der Waals surface area contributed by atoms with Crippen LogP contribution in [0.15, 0.2) is 69.1 Å². The van der Waals surface area contributed by atoms with Crippen LogP contribution in [0.2, 0.25) is 13.1 Å². The van der Waals surface area contributed by atoms with Crippen LogP contribution in [0.1, 0.15) is 21.7 Å². The molecule has 1 aromatic carbocycles. The standard InChI is InChI=1S/C10H11NSi.C9H7.2ClH.Zr/c1-6-9-7-4-5-11-8(7)10(6)12(9,2)3;1-2-5-9-7-3-6-8(9)4-1;;;/h4-5H,1-3H3;1-7H;2*1H;/q;;;;+2/p-2. The van der Waals surface area contributed by atoms with E-state index in [0.717, 1.165) is 0 Å². The molecule has 0 fully saturated rings. The third kappa shape index (κ3) is 2.74. The number of nitrogens with zero attached hydrogens (tertiary/aromatic N) is 1. The van der Waals surface area contributed by atoms with Crippen LogP contribution in [0, 0.1) is 0 Å². The molecule has 121 valence electrons. The van der Waals surface area contributed by atoms with Crippen molar-refractivity contribution in [1.82, 2.24) is 0 Å². The van der Waals surface area contributed by atoms with Crippen LogP contribution in [-0.4, -0.2) is 13.8 Å². The summed E-state index contributed by atoms with van der Waals surface area (Å²) in [6.07, 6.45) is 8.60. The van der Waals surface area contributed by atoms with Crippen LogP contribution < -0.4 is 24.8 Å². The zero-order chi connectivity index (χ0) is 15.5. The van der Waals surface area contributed by atoms with E-state index >= 15 is 0 Å². The van der Waals surface area contributed by atoms with E-state index in [2.05, 4.69) is 67.5 Å². The molecule has 0 amide bonds. The van der Waals surface area contributed by atoms with Crippen LogP contribution in [0.25, 0.3) is 6.08 Å². The number of benzene rings is 1. The van der Waals surface area contributed by atoms with E-state index in [1.54, 1.807) is 35.1 Å². The quantitative estimate of drug-likeness (QED) is 0.436. The van der Waals surface area contributed by atoms with Crippen molar-refractivity contribution in [3.63, 3.8) is 0 Å². The molecule has 0 radical (unpaired) electrons. The van der Waals surface area contributed by atoms with Crippen molar-refractivity contribution in [3.05, 3.63) is 75.3 Å². The Morgan fingerprint density at radius 3 is 2.38 bits per heavy atom.